The Morgan fingerprint density at radius 3 is 2.48 bits per heavy atom. The lowest BCUT2D eigenvalue weighted by atomic mass is 9.79. The maximum atomic E-state index is 13.7. The molecule has 6 heteroatoms. The van der Waals surface area contributed by atoms with Crippen molar-refractivity contribution in [2.24, 2.45) is 5.41 Å². The van der Waals surface area contributed by atoms with Crippen molar-refractivity contribution >= 4 is 28.3 Å². The molecule has 3 nitrogen and oxygen atoms in total. The van der Waals surface area contributed by atoms with Gasteiger partial charge in [-0.2, -0.15) is 0 Å². The minimum atomic E-state index is -0.329. The summed E-state index contributed by atoms with van der Waals surface area (Å²) in [5, 5.41) is 13.1. The van der Waals surface area contributed by atoms with Crippen LogP contribution in [0.5, 0.6) is 0 Å². The van der Waals surface area contributed by atoms with Crippen LogP contribution in [-0.2, 0) is 0 Å². The van der Waals surface area contributed by atoms with Crippen LogP contribution in [0.25, 0.3) is 0 Å². The monoisotopic (exact) mass is 380 g/mol. The molecule has 120 valence electrons. The fourth-order valence-corrected chi connectivity index (χ4v) is 3.40. The van der Waals surface area contributed by atoms with E-state index in [9.17, 15) is 9.50 Å². The first-order chi connectivity index (χ1) is 9.44. The van der Waals surface area contributed by atoms with Crippen molar-refractivity contribution in [3.05, 3.63) is 34.1 Å². The molecule has 0 unspecified atom stereocenters. The lowest BCUT2D eigenvalue weighted by Crippen LogP contribution is -2.49. The third-order valence-corrected chi connectivity index (χ3v) is 4.32. The zero-order valence-electron chi connectivity index (χ0n) is 12.4. The summed E-state index contributed by atoms with van der Waals surface area (Å²) in [7, 11) is 0. The van der Waals surface area contributed by atoms with E-state index in [0.717, 1.165) is 36.2 Å². The van der Waals surface area contributed by atoms with Gasteiger partial charge in [0.25, 0.3) is 0 Å². The SMILES string of the molecule is CC(C)(CO)[C@H](c1cc(F)cc(Br)c1)N1CCNCC1.Cl. The van der Waals surface area contributed by atoms with E-state index < -0.39 is 0 Å². The van der Waals surface area contributed by atoms with E-state index in [4.69, 9.17) is 0 Å². The number of aliphatic hydroxyl groups is 1. The minimum Gasteiger partial charge on any atom is -0.396 e. The Hall–Kier alpha value is -0.200. The fourth-order valence-electron chi connectivity index (χ4n) is 2.92. The van der Waals surface area contributed by atoms with E-state index in [-0.39, 0.29) is 36.3 Å². The van der Waals surface area contributed by atoms with Crippen molar-refractivity contribution in [3.8, 4) is 0 Å². The third-order valence-electron chi connectivity index (χ3n) is 3.87. The van der Waals surface area contributed by atoms with Crippen molar-refractivity contribution in [2.45, 2.75) is 19.9 Å². The summed E-state index contributed by atoms with van der Waals surface area (Å²) in [5.41, 5.74) is 0.586. The summed E-state index contributed by atoms with van der Waals surface area (Å²) in [6.45, 7) is 7.78. The Morgan fingerprint density at radius 1 is 1.33 bits per heavy atom. The number of piperazine rings is 1. The molecule has 2 rings (SSSR count). The van der Waals surface area contributed by atoms with Gasteiger partial charge in [-0.1, -0.05) is 29.8 Å². The molecular formula is C15H23BrClFN2O. The van der Waals surface area contributed by atoms with Crippen LogP contribution in [0, 0.1) is 11.2 Å². The highest BCUT2D eigenvalue weighted by molar-refractivity contribution is 9.10. The Balaban J connectivity index is 0.00000220. The van der Waals surface area contributed by atoms with Gasteiger partial charge in [-0.05, 0) is 23.8 Å². The second kappa shape index (κ2) is 7.88. The molecule has 0 aliphatic carbocycles. The quantitative estimate of drug-likeness (QED) is 0.842. The van der Waals surface area contributed by atoms with Gasteiger partial charge in [0.15, 0.2) is 0 Å². The maximum Gasteiger partial charge on any atom is 0.124 e. The number of aliphatic hydroxyl groups excluding tert-OH is 1. The van der Waals surface area contributed by atoms with Crippen molar-refractivity contribution in [2.75, 3.05) is 32.8 Å². The highest BCUT2D eigenvalue weighted by atomic mass is 79.9. The van der Waals surface area contributed by atoms with Crippen LogP contribution in [0.15, 0.2) is 22.7 Å². The molecule has 1 fully saturated rings. The van der Waals surface area contributed by atoms with Crippen molar-refractivity contribution < 1.29 is 9.50 Å². The van der Waals surface area contributed by atoms with Gasteiger partial charge in [-0.3, -0.25) is 4.90 Å². The molecule has 0 radical (unpaired) electrons. The molecule has 1 saturated heterocycles. The second-order valence-corrected chi connectivity index (χ2v) is 6.95. The van der Waals surface area contributed by atoms with E-state index in [1.54, 1.807) is 6.07 Å². The molecule has 0 saturated carbocycles. The molecule has 0 bridgehead atoms. The lowest BCUT2D eigenvalue weighted by Gasteiger charge is -2.43. The van der Waals surface area contributed by atoms with Gasteiger partial charge < -0.3 is 10.4 Å². The smallest absolute Gasteiger partial charge is 0.124 e. The number of rotatable bonds is 4. The van der Waals surface area contributed by atoms with E-state index in [0.29, 0.717) is 0 Å². The predicted octanol–water partition coefficient (Wildman–Crippen LogP) is 2.97. The zero-order chi connectivity index (χ0) is 14.8. The summed E-state index contributed by atoms with van der Waals surface area (Å²) < 4.78 is 14.5. The number of halogens is 3. The standard InChI is InChI=1S/C15H22BrFN2O.ClH/c1-15(2,10-20)14(19-5-3-18-4-6-19)11-7-12(16)9-13(17)8-11;/h7-9,14,18,20H,3-6,10H2,1-2H3;1H/t14-;/m0./s1. The van der Waals surface area contributed by atoms with Crippen LogP contribution in [0.2, 0.25) is 0 Å². The Morgan fingerprint density at radius 2 is 1.95 bits per heavy atom. The molecule has 0 amide bonds. The van der Waals surface area contributed by atoms with Gasteiger partial charge in [0.1, 0.15) is 5.82 Å². The van der Waals surface area contributed by atoms with Gasteiger partial charge in [-0.15, -0.1) is 12.4 Å². The molecule has 1 aromatic carbocycles. The first-order valence-corrected chi connectivity index (χ1v) is 7.75. The second-order valence-electron chi connectivity index (χ2n) is 6.04. The molecule has 1 aliphatic rings. The highest BCUT2D eigenvalue weighted by Crippen LogP contribution is 2.39. The van der Waals surface area contributed by atoms with Crippen LogP contribution in [-0.4, -0.2) is 42.8 Å². The van der Waals surface area contributed by atoms with E-state index in [1.807, 2.05) is 19.9 Å². The van der Waals surface area contributed by atoms with Crippen molar-refractivity contribution in [1.29, 1.82) is 0 Å². The molecule has 0 spiro atoms. The molecule has 0 aromatic heterocycles. The summed E-state index contributed by atoms with van der Waals surface area (Å²) in [6, 6.07) is 4.99. The largest absolute Gasteiger partial charge is 0.396 e. The summed E-state index contributed by atoms with van der Waals surface area (Å²) >= 11 is 3.36. The average molecular weight is 382 g/mol. The van der Waals surface area contributed by atoms with Gasteiger partial charge in [0.2, 0.25) is 0 Å². The number of hydrogen-bond donors (Lipinski definition) is 2. The molecule has 1 aliphatic heterocycles. The van der Waals surface area contributed by atoms with Gasteiger partial charge in [0, 0.05) is 48.7 Å². The third kappa shape index (κ3) is 4.63. The molecule has 1 heterocycles. The van der Waals surface area contributed by atoms with Crippen LogP contribution in [0.1, 0.15) is 25.5 Å². The Kier molecular flexibility index (Phi) is 7.07. The first kappa shape index (κ1) is 18.8. The number of nitrogens with zero attached hydrogens (tertiary/aromatic N) is 1. The Labute approximate surface area is 140 Å². The van der Waals surface area contributed by atoms with Crippen LogP contribution < -0.4 is 5.32 Å². The van der Waals surface area contributed by atoms with E-state index in [1.165, 1.54) is 6.07 Å². The van der Waals surface area contributed by atoms with Gasteiger partial charge in [-0.25, -0.2) is 4.39 Å². The number of benzene rings is 1. The van der Waals surface area contributed by atoms with Crippen molar-refractivity contribution in [1.82, 2.24) is 10.2 Å². The first-order valence-electron chi connectivity index (χ1n) is 6.95. The predicted molar refractivity (Wildman–Crippen MR) is 89.4 cm³/mol. The van der Waals surface area contributed by atoms with Crippen molar-refractivity contribution in [3.63, 3.8) is 0 Å². The van der Waals surface area contributed by atoms with Crippen LogP contribution >= 0.6 is 28.3 Å². The maximum absolute atomic E-state index is 13.7. The lowest BCUT2D eigenvalue weighted by molar-refractivity contribution is 0.0303. The molecule has 1 atom stereocenters. The van der Waals surface area contributed by atoms with Gasteiger partial charge in [0.05, 0.1) is 0 Å². The molecule has 2 N–H and O–H groups in total. The fraction of sp³-hybridized carbons (Fsp3) is 0.600. The van der Waals surface area contributed by atoms with E-state index in [2.05, 4.69) is 26.1 Å². The molecular weight excluding hydrogens is 359 g/mol. The minimum absolute atomic E-state index is 0. The summed E-state index contributed by atoms with van der Waals surface area (Å²) in [4.78, 5) is 2.33. The Bertz CT molecular complexity index is 447. The normalized spacial score (nSPS) is 18.1. The topological polar surface area (TPSA) is 35.5 Å². The molecule has 1 aromatic rings. The summed E-state index contributed by atoms with van der Waals surface area (Å²) in [6.07, 6.45) is 0. The number of hydrogen-bond acceptors (Lipinski definition) is 3. The van der Waals surface area contributed by atoms with Crippen LogP contribution in [0.4, 0.5) is 4.39 Å². The summed E-state index contributed by atoms with van der Waals surface area (Å²) in [5.74, 6) is -0.247. The highest BCUT2D eigenvalue weighted by Gasteiger charge is 2.35. The van der Waals surface area contributed by atoms with Gasteiger partial charge >= 0.3 is 0 Å². The average Bonchev–Trinajstić information content (AvgIpc) is 2.39. The molecule has 21 heavy (non-hydrogen) atoms. The number of nitrogens with one attached hydrogen (secondary N) is 1. The zero-order valence-corrected chi connectivity index (χ0v) is 14.8. The van der Waals surface area contributed by atoms with Crippen LogP contribution in [0.3, 0.4) is 0 Å². The van der Waals surface area contributed by atoms with E-state index >= 15 is 0 Å².